The number of benzene rings is 2. The number of oxime groups is 1. The van der Waals surface area contributed by atoms with E-state index < -0.39 is 0 Å². The number of nitrogens with zero attached hydrogens (tertiary/aromatic N) is 3. The summed E-state index contributed by atoms with van der Waals surface area (Å²) in [5, 5.41) is 12.8. The number of hydrogen-bond acceptors (Lipinski definition) is 5. The molecule has 5 heteroatoms. The van der Waals surface area contributed by atoms with Crippen molar-refractivity contribution >= 4 is 11.4 Å². The van der Waals surface area contributed by atoms with Crippen LogP contribution in [0.5, 0.6) is 5.75 Å². The molecule has 5 nitrogen and oxygen atoms in total. The summed E-state index contributed by atoms with van der Waals surface area (Å²) < 4.78 is 5.21. The highest BCUT2D eigenvalue weighted by atomic mass is 16.5. The fraction of sp³-hybridized carbons (Fsp3) is 0.316. The fourth-order valence-corrected chi connectivity index (χ4v) is 2.98. The van der Waals surface area contributed by atoms with Crippen molar-refractivity contribution in [2.45, 2.75) is 0 Å². The molecule has 0 aromatic heterocycles. The lowest BCUT2D eigenvalue weighted by molar-refractivity contribution is 0.280. The molecular formula is C19H23N3O2. The van der Waals surface area contributed by atoms with Crippen molar-refractivity contribution in [1.82, 2.24) is 4.90 Å². The first-order chi connectivity index (χ1) is 11.8. The Balaban J connectivity index is 1.56. The van der Waals surface area contributed by atoms with Gasteiger partial charge >= 0.3 is 0 Å². The van der Waals surface area contributed by atoms with E-state index in [2.05, 4.69) is 27.1 Å². The summed E-state index contributed by atoms with van der Waals surface area (Å²) in [6.45, 7) is 4.46. The monoisotopic (exact) mass is 325 g/mol. The summed E-state index contributed by atoms with van der Waals surface area (Å²) in [5.74, 6) is 0.879. The molecule has 1 saturated heterocycles. The van der Waals surface area contributed by atoms with Gasteiger partial charge < -0.3 is 14.8 Å². The van der Waals surface area contributed by atoms with Crippen molar-refractivity contribution < 1.29 is 9.94 Å². The fourth-order valence-electron chi connectivity index (χ4n) is 2.98. The summed E-state index contributed by atoms with van der Waals surface area (Å²) in [7, 11) is 1.68. The van der Waals surface area contributed by atoms with Gasteiger partial charge in [-0.15, -0.1) is 0 Å². The third kappa shape index (κ3) is 3.86. The highest BCUT2D eigenvalue weighted by Crippen LogP contribution is 2.20. The van der Waals surface area contributed by atoms with E-state index in [1.165, 1.54) is 5.69 Å². The molecular weight excluding hydrogens is 302 g/mol. The van der Waals surface area contributed by atoms with E-state index in [1.807, 2.05) is 42.5 Å². The van der Waals surface area contributed by atoms with Gasteiger partial charge in [-0.05, 0) is 24.3 Å². The molecule has 0 unspecified atom stereocenters. The van der Waals surface area contributed by atoms with E-state index in [0.717, 1.165) is 37.5 Å². The van der Waals surface area contributed by atoms with Crippen LogP contribution < -0.4 is 9.64 Å². The topological polar surface area (TPSA) is 48.3 Å². The molecule has 3 rings (SSSR count). The molecule has 0 bridgehead atoms. The van der Waals surface area contributed by atoms with Crippen LogP contribution in [0.1, 0.15) is 5.56 Å². The van der Waals surface area contributed by atoms with E-state index in [9.17, 15) is 5.21 Å². The SMILES string of the molecule is COc1ccc(N2CCN(CC(=NO)c3ccccc3)CC2)cc1. The van der Waals surface area contributed by atoms with Crippen molar-refractivity contribution in [2.24, 2.45) is 5.16 Å². The molecule has 0 spiro atoms. The van der Waals surface area contributed by atoms with E-state index in [-0.39, 0.29) is 0 Å². The molecule has 1 fully saturated rings. The van der Waals surface area contributed by atoms with Gasteiger partial charge in [-0.25, -0.2) is 0 Å². The molecule has 0 radical (unpaired) electrons. The van der Waals surface area contributed by atoms with Gasteiger partial charge in [0, 0.05) is 44.0 Å². The lowest BCUT2D eigenvalue weighted by Crippen LogP contribution is -2.48. The van der Waals surface area contributed by atoms with Crippen molar-refractivity contribution in [3.8, 4) is 5.75 Å². The number of anilines is 1. The molecule has 1 aliphatic heterocycles. The van der Waals surface area contributed by atoms with Crippen LogP contribution in [0.4, 0.5) is 5.69 Å². The quantitative estimate of drug-likeness (QED) is 0.522. The standard InChI is InChI=1S/C19H23N3O2/c1-24-18-9-7-17(8-10-18)22-13-11-21(12-14-22)15-19(20-23)16-5-3-2-4-6-16/h2-10,23H,11-15H2,1H3. The van der Waals surface area contributed by atoms with Crippen molar-refractivity contribution in [2.75, 3.05) is 44.7 Å². The molecule has 1 aliphatic rings. The van der Waals surface area contributed by atoms with Crippen LogP contribution in [-0.2, 0) is 0 Å². The van der Waals surface area contributed by atoms with Gasteiger partial charge in [0.25, 0.3) is 0 Å². The van der Waals surface area contributed by atoms with Crippen LogP contribution in [0.2, 0.25) is 0 Å². The zero-order chi connectivity index (χ0) is 16.8. The summed E-state index contributed by atoms with van der Waals surface area (Å²) in [6.07, 6.45) is 0. The lowest BCUT2D eigenvalue weighted by atomic mass is 10.1. The maximum absolute atomic E-state index is 9.33. The molecule has 126 valence electrons. The first-order valence-electron chi connectivity index (χ1n) is 8.18. The lowest BCUT2D eigenvalue weighted by Gasteiger charge is -2.36. The van der Waals surface area contributed by atoms with Gasteiger partial charge in [0.1, 0.15) is 11.5 Å². The van der Waals surface area contributed by atoms with Crippen molar-refractivity contribution in [3.05, 3.63) is 60.2 Å². The van der Waals surface area contributed by atoms with Crippen LogP contribution >= 0.6 is 0 Å². The average Bonchev–Trinajstić information content (AvgIpc) is 2.67. The third-order valence-electron chi connectivity index (χ3n) is 4.41. The van der Waals surface area contributed by atoms with E-state index in [0.29, 0.717) is 12.3 Å². The van der Waals surface area contributed by atoms with E-state index in [1.54, 1.807) is 7.11 Å². The minimum Gasteiger partial charge on any atom is -0.497 e. The summed E-state index contributed by atoms with van der Waals surface area (Å²) in [5.41, 5.74) is 2.90. The first kappa shape index (κ1) is 16.3. The van der Waals surface area contributed by atoms with Crippen molar-refractivity contribution in [3.63, 3.8) is 0 Å². The van der Waals surface area contributed by atoms with Gasteiger partial charge in [0.2, 0.25) is 0 Å². The number of ether oxygens (including phenoxy) is 1. The van der Waals surface area contributed by atoms with Crippen molar-refractivity contribution in [1.29, 1.82) is 0 Å². The zero-order valence-electron chi connectivity index (χ0n) is 13.9. The number of piperazine rings is 1. The average molecular weight is 325 g/mol. The maximum Gasteiger partial charge on any atom is 0.119 e. The number of methoxy groups -OCH3 is 1. The van der Waals surface area contributed by atoms with E-state index >= 15 is 0 Å². The molecule has 2 aromatic rings. The molecule has 0 atom stereocenters. The Kier molecular flexibility index (Phi) is 5.33. The van der Waals surface area contributed by atoms with Crippen LogP contribution in [0.3, 0.4) is 0 Å². The molecule has 0 aliphatic carbocycles. The van der Waals surface area contributed by atoms with Crippen LogP contribution in [-0.4, -0.2) is 55.7 Å². The van der Waals surface area contributed by atoms with Gasteiger partial charge in [-0.2, -0.15) is 0 Å². The number of rotatable bonds is 5. The Morgan fingerprint density at radius 1 is 1.00 bits per heavy atom. The normalized spacial score (nSPS) is 16.2. The highest BCUT2D eigenvalue weighted by Gasteiger charge is 2.19. The summed E-state index contributed by atoms with van der Waals surface area (Å²) in [6, 6.07) is 18.0. The molecule has 2 aromatic carbocycles. The molecule has 1 N–H and O–H groups in total. The Hall–Kier alpha value is -2.53. The minimum atomic E-state index is 0.664. The van der Waals surface area contributed by atoms with Gasteiger partial charge in [0.15, 0.2) is 0 Å². The summed E-state index contributed by atoms with van der Waals surface area (Å²) in [4.78, 5) is 4.69. The van der Waals surface area contributed by atoms with Crippen LogP contribution in [0, 0.1) is 0 Å². The molecule has 0 saturated carbocycles. The Bertz CT molecular complexity index is 663. The predicted molar refractivity (Wildman–Crippen MR) is 96.4 cm³/mol. The Morgan fingerprint density at radius 3 is 2.25 bits per heavy atom. The smallest absolute Gasteiger partial charge is 0.119 e. The second-order valence-electron chi connectivity index (χ2n) is 5.87. The van der Waals surface area contributed by atoms with Gasteiger partial charge in [0.05, 0.1) is 7.11 Å². The number of hydrogen-bond donors (Lipinski definition) is 1. The zero-order valence-corrected chi connectivity index (χ0v) is 13.9. The Labute approximate surface area is 142 Å². The van der Waals surface area contributed by atoms with E-state index in [4.69, 9.17) is 4.74 Å². The summed E-state index contributed by atoms with van der Waals surface area (Å²) >= 11 is 0. The minimum absolute atomic E-state index is 0.664. The highest BCUT2D eigenvalue weighted by molar-refractivity contribution is 6.01. The molecule has 1 heterocycles. The second kappa shape index (κ2) is 7.84. The van der Waals surface area contributed by atoms with Crippen LogP contribution in [0.15, 0.2) is 59.8 Å². The molecule has 0 amide bonds. The van der Waals surface area contributed by atoms with Gasteiger partial charge in [-0.1, -0.05) is 35.5 Å². The largest absolute Gasteiger partial charge is 0.497 e. The molecule has 24 heavy (non-hydrogen) atoms. The van der Waals surface area contributed by atoms with Crippen LogP contribution in [0.25, 0.3) is 0 Å². The van der Waals surface area contributed by atoms with Gasteiger partial charge in [-0.3, -0.25) is 4.90 Å². The third-order valence-corrected chi connectivity index (χ3v) is 4.41. The first-order valence-corrected chi connectivity index (χ1v) is 8.18. The second-order valence-corrected chi connectivity index (χ2v) is 5.87. The maximum atomic E-state index is 9.33. The predicted octanol–water partition coefficient (Wildman–Crippen LogP) is 2.70. The Morgan fingerprint density at radius 2 is 1.67 bits per heavy atom.